The van der Waals surface area contributed by atoms with Crippen LogP contribution in [0.2, 0.25) is 0 Å². The largest absolute Gasteiger partial charge is 0.294 e. The Labute approximate surface area is 259 Å². The summed E-state index contributed by atoms with van der Waals surface area (Å²) in [6, 6.07) is 41.7. The summed E-state index contributed by atoms with van der Waals surface area (Å²) in [6.07, 6.45) is 0. The Morgan fingerprint density at radius 1 is 0.667 bits per heavy atom. The second-order valence-corrected chi connectivity index (χ2v) is 12.3. The first-order valence-corrected chi connectivity index (χ1v) is 15.0. The molecule has 5 heteroatoms. The van der Waals surface area contributed by atoms with E-state index < -0.39 is 0 Å². The first-order valence-electron chi connectivity index (χ1n) is 15.0. The summed E-state index contributed by atoms with van der Waals surface area (Å²) < 4.78 is 4.46. The van der Waals surface area contributed by atoms with Crippen molar-refractivity contribution in [1.82, 2.24) is 14.1 Å². The van der Waals surface area contributed by atoms with E-state index in [1.807, 2.05) is 48.5 Å². The molecule has 0 saturated carbocycles. The molecule has 0 N–H and O–H groups in total. The molecular formula is C40H25N5. The highest BCUT2D eigenvalue weighted by atomic mass is 15.1. The van der Waals surface area contributed by atoms with Crippen molar-refractivity contribution in [2.75, 3.05) is 0 Å². The number of fused-ring (bicyclic) bond motifs is 10. The molecule has 210 valence electrons. The standard InChI is InChI=1S/C40H25N5/c1-40(2)31-11-6-4-10-28(31)38-32(40)18-17-27-30-22-25(42-3)16-20-35(30)45(39(27)38)37-14-8-13-36(43-37)44-33-12-7-5-9-26(33)29-21-24(23-41)15-19-34(29)44/h4-22H,1-2H3. The molecule has 0 aliphatic heterocycles. The van der Waals surface area contributed by atoms with Gasteiger partial charge in [-0.2, -0.15) is 5.26 Å². The summed E-state index contributed by atoms with van der Waals surface area (Å²) in [7, 11) is 0. The molecule has 5 aromatic carbocycles. The summed E-state index contributed by atoms with van der Waals surface area (Å²) in [5.74, 6) is 1.60. The number of pyridine rings is 1. The van der Waals surface area contributed by atoms with Gasteiger partial charge in [0.2, 0.25) is 0 Å². The highest BCUT2D eigenvalue weighted by Crippen LogP contribution is 2.53. The van der Waals surface area contributed by atoms with Gasteiger partial charge in [-0.3, -0.25) is 9.13 Å². The van der Waals surface area contributed by atoms with E-state index in [4.69, 9.17) is 11.6 Å². The molecule has 3 heterocycles. The Hall–Kier alpha value is -6.17. The molecule has 9 rings (SSSR count). The minimum absolute atomic E-state index is 0.149. The molecule has 0 spiro atoms. The molecule has 5 nitrogen and oxygen atoms in total. The minimum atomic E-state index is -0.149. The summed E-state index contributed by atoms with van der Waals surface area (Å²) >= 11 is 0. The van der Waals surface area contributed by atoms with Gasteiger partial charge in [0.05, 0.1) is 40.3 Å². The highest BCUT2D eigenvalue weighted by Gasteiger charge is 2.37. The van der Waals surface area contributed by atoms with Crippen LogP contribution in [0.1, 0.15) is 30.5 Å². The molecular weight excluding hydrogens is 550 g/mol. The van der Waals surface area contributed by atoms with Crippen LogP contribution in [-0.4, -0.2) is 14.1 Å². The fourth-order valence-electron chi connectivity index (χ4n) is 7.54. The number of para-hydroxylation sites is 1. The Morgan fingerprint density at radius 2 is 1.38 bits per heavy atom. The lowest BCUT2D eigenvalue weighted by Gasteiger charge is -2.21. The van der Waals surface area contributed by atoms with E-state index in [1.165, 1.54) is 22.3 Å². The zero-order valence-corrected chi connectivity index (χ0v) is 24.7. The van der Waals surface area contributed by atoms with Crippen LogP contribution in [0, 0.1) is 17.9 Å². The maximum absolute atomic E-state index is 9.61. The SMILES string of the molecule is [C-]#[N+]c1ccc2c(c1)c1ccc3c(c1n2-c1cccc(-n2c4ccccc4c4cc(C#N)ccc42)n1)-c1ccccc1C3(C)C. The molecule has 0 radical (unpaired) electrons. The van der Waals surface area contributed by atoms with Crippen molar-refractivity contribution in [2.45, 2.75) is 19.3 Å². The Morgan fingerprint density at radius 3 is 2.22 bits per heavy atom. The fraction of sp³-hybridized carbons (Fsp3) is 0.0750. The van der Waals surface area contributed by atoms with Crippen LogP contribution in [0.3, 0.4) is 0 Å². The van der Waals surface area contributed by atoms with E-state index in [1.54, 1.807) is 0 Å². The van der Waals surface area contributed by atoms with Crippen LogP contribution in [-0.2, 0) is 5.41 Å². The smallest absolute Gasteiger partial charge is 0.188 e. The van der Waals surface area contributed by atoms with Gasteiger partial charge in [0.15, 0.2) is 5.69 Å². The van der Waals surface area contributed by atoms with Gasteiger partial charge < -0.3 is 0 Å². The van der Waals surface area contributed by atoms with Crippen molar-refractivity contribution in [2.24, 2.45) is 0 Å². The van der Waals surface area contributed by atoms with Gasteiger partial charge in [0, 0.05) is 27.1 Å². The van der Waals surface area contributed by atoms with Crippen molar-refractivity contribution in [3.05, 3.63) is 143 Å². The maximum atomic E-state index is 9.61. The third-order valence-corrected chi connectivity index (χ3v) is 9.56. The van der Waals surface area contributed by atoms with Crippen molar-refractivity contribution >= 4 is 49.3 Å². The number of nitrogens with zero attached hydrogens (tertiary/aromatic N) is 5. The van der Waals surface area contributed by atoms with Crippen LogP contribution in [0.5, 0.6) is 0 Å². The third-order valence-electron chi connectivity index (χ3n) is 9.56. The normalized spacial score (nSPS) is 13.2. The molecule has 0 bridgehead atoms. The lowest BCUT2D eigenvalue weighted by atomic mass is 9.82. The van der Waals surface area contributed by atoms with Gasteiger partial charge in [-0.1, -0.05) is 80.6 Å². The number of aromatic nitrogens is 3. The van der Waals surface area contributed by atoms with E-state index in [0.29, 0.717) is 11.3 Å². The van der Waals surface area contributed by atoms with Gasteiger partial charge in [0.25, 0.3) is 0 Å². The summed E-state index contributed by atoms with van der Waals surface area (Å²) in [5, 5.41) is 13.9. The van der Waals surface area contributed by atoms with Gasteiger partial charge in [0.1, 0.15) is 11.6 Å². The van der Waals surface area contributed by atoms with E-state index in [0.717, 1.165) is 55.2 Å². The van der Waals surface area contributed by atoms with Crippen molar-refractivity contribution in [1.29, 1.82) is 5.26 Å². The Kier molecular flexibility index (Phi) is 5.03. The minimum Gasteiger partial charge on any atom is -0.294 e. The summed E-state index contributed by atoms with van der Waals surface area (Å²) in [6.45, 7) is 12.3. The third kappa shape index (κ3) is 3.33. The zero-order chi connectivity index (χ0) is 30.4. The number of hydrogen-bond acceptors (Lipinski definition) is 2. The average Bonchev–Trinajstić information content (AvgIpc) is 3.67. The predicted octanol–water partition coefficient (Wildman–Crippen LogP) is 10.0. The molecule has 45 heavy (non-hydrogen) atoms. The predicted molar refractivity (Wildman–Crippen MR) is 181 cm³/mol. The zero-order valence-electron chi connectivity index (χ0n) is 24.7. The summed E-state index contributed by atoms with van der Waals surface area (Å²) in [5.41, 5.74) is 10.3. The molecule has 8 aromatic rings. The van der Waals surface area contributed by atoms with Gasteiger partial charge in [-0.05, 0) is 70.6 Å². The van der Waals surface area contributed by atoms with Crippen molar-refractivity contribution in [3.63, 3.8) is 0 Å². The van der Waals surface area contributed by atoms with E-state index >= 15 is 0 Å². The topological polar surface area (TPSA) is 50.9 Å². The van der Waals surface area contributed by atoms with Gasteiger partial charge in [-0.25, -0.2) is 9.83 Å². The monoisotopic (exact) mass is 575 g/mol. The number of hydrogen-bond donors (Lipinski definition) is 0. The molecule has 0 amide bonds. The first-order chi connectivity index (χ1) is 22.0. The first kappa shape index (κ1) is 25.3. The fourth-order valence-corrected chi connectivity index (χ4v) is 7.54. The van der Waals surface area contributed by atoms with Crippen LogP contribution in [0.15, 0.2) is 115 Å². The van der Waals surface area contributed by atoms with Crippen LogP contribution < -0.4 is 0 Å². The second-order valence-electron chi connectivity index (χ2n) is 12.3. The van der Waals surface area contributed by atoms with E-state index in [-0.39, 0.29) is 5.41 Å². The van der Waals surface area contributed by atoms with Crippen molar-refractivity contribution in [3.8, 4) is 28.8 Å². The van der Waals surface area contributed by atoms with Gasteiger partial charge >= 0.3 is 0 Å². The molecule has 1 aliphatic rings. The quantitative estimate of drug-likeness (QED) is 0.193. The molecule has 3 aromatic heterocycles. The van der Waals surface area contributed by atoms with Crippen LogP contribution in [0.4, 0.5) is 5.69 Å². The van der Waals surface area contributed by atoms with Crippen molar-refractivity contribution < 1.29 is 0 Å². The molecule has 0 unspecified atom stereocenters. The van der Waals surface area contributed by atoms with Gasteiger partial charge in [-0.15, -0.1) is 0 Å². The second kappa shape index (κ2) is 8.92. The van der Waals surface area contributed by atoms with Crippen LogP contribution >= 0.6 is 0 Å². The highest BCUT2D eigenvalue weighted by molar-refractivity contribution is 6.16. The molecule has 1 aliphatic carbocycles. The molecule has 0 saturated heterocycles. The lowest BCUT2D eigenvalue weighted by Crippen LogP contribution is -2.14. The van der Waals surface area contributed by atoms with Crippen LogP contribution in [0.25, 0.3) is 71.2 Å². The number of benzene rings is 5. The number of rotatable bonds is 2. The lowest BCUT2D eigenvalue weighted by molar-refractivity contribution is 0.661. The average molecular weight is 576 g/mol. The van der Waals surface area contributed by atoms with E-state index in [2.05, 4.69) is 101 Å². The Bertz CT molecular complexity index is 2650. The van der Waals surface area contributed by atoms with E-state index in [9.17, 15) is 5.26 Å². The molecule has 0 atom stereocenters. The molecule has 0 fully saturated rings. The number of nitriles is 1. The summed E-state index contributed by atoms with van der Waals surface area (Å²) in [4.78, 5) is 9.12. The Balaban J connectivity index is 1.39. The maximum Gasteiger partial charge on any atom is 0.188 e.